The normalized spacial score (nSPS) is 20.1. The molecule has 1 aromatic rings. The number of aryl methyl sites for hydroxylation is 2. The molecule has 0 saturated carbocycles. The van der Waals surface area contributed by atoms with Crippen molar-refractivity contribution in [1.82, 2.24) is 4.98 Å². The van der Waals surface area contributed by atoms with E-state index in [1.807, 2.05) is 19.9 Å². The number of hydrogen-bond acceptors (Lipinski definition) is 4. The molecular weight excluding hydrogens is 212 g/mol. The van der Waals surface area contributed by atoms with Crippen LogP contribution in [0.25, 0.3) is 0 Å². The second-order valence-electron chi connectivity index (χ2n) is 4.70. The Morgan fingerprint density at radius 3 is 2.94 bits per heavy atom. The molecule has 0 amide bonds. The zero-order valence-electron chi connectivity index (χ0n) is 10.4. The number of piperidine rings is 1. The number of nitrogens with two attached hydrogens (primary N) is 1. The monoisotopic (exact) mass is 230 g/mol. The molecule has 1 aliphatic rings. The van der Waals surface area contributed by atoms with Gasteiger partial charge >= 0.3 is 0 Å². The number of nitrogens with zero attached hydrogens (tertiary/aromatic N) is 3. The molecule has 1 atom stereocenters. The lowest BCUT2D eigenvalue weighted by Crippen LogP contribution is -2.43. The first kappa shape index (κ1) is 11.9. The highest BCUT2D eigenvalue weighted by atomic mass is 15.2. The zero-order chi connectivity index (χ0) is 12.4. The summed E-state index contributed by atoms with van der Waals surface area (Å²) in [5, 5.41) is 9.24. The SMILES string of the molecule is Cc1cc(N2CCC[C@@H](N)C2)c(C#N)c(C)n1. The number of nitriles is 1. The molecule has 2 heterocycles. The topological polar surface area (TPSA) is 65.9 Å². The fourth-order valence-electron chi connectivity index (χ4n) is 2.42. The molecule has 2 rings (SSSR count). The van der Waals surface area contributed by atoms with Gasteiger partial charge in [-0.3, -0.25) is 4.98 Å². The van der Waals surface area contributed by atoms with E-state index >= 15 is 0 Å². The van der Waals surface area contributed by atoms with Gasteiger partial charge in [0.05, 0.1) is 16.9 Å². The predicted octanol–water partition coefficient (Wildman–Crippen LogP) is 1.50. The lowest BCUT2D eigenvalue weighted by molar-refractivity contribution is 0.505. The van der Waals surface area contributed by atoms with E-state index in [2.05, 4.69) is 16.0 Å². The molecular formula is C13H18N4. The van der Waals surface area contributed by atoms with Gasteiger partial charge in [0.25, 0.3) is 0 Å². The highest BCUT2D eigenvalue weighted by Crippen LogP contribution is 2.25. The van der Waals surface area contributed by atoms with E-state index in [0.29, 0.717) is 5.56 Å². The van der Waals surface area contributed by atoms with Gasteiger partial charge in [-0.1, -0.05) is 0 Å². The third-order valence-electron chi connectivity index (χ3n) is 3.22. The van der Waals surface area contributed by atoms with Crippen LogP contribution in [0.15, 0.2) is 6.07 Å². The molecule has 90 valence electrons. The maximum absolute atomic E-state index is 9.24. The molecule has 1 fully saturated rings. The number of aromatic nitrogens is 1. The van der Waals surface area contributed by atoms with Crippen LogP contribution in [0.5, 0.6) is 0 Å². The quantitative estimate of drug-likeness (QED) is 0.794. The predicted molar refractivity (Wildman–Crippen MR) is 67.8 cm³/mol. The summed E-state index contributed by atoms with van der Waals surface area (Å²) in [6.45, 7) is 5.66. The standard InChI is InChI=1S/C13H18N4/c1-9-6-13(12(7-14)10(2)16-9)17-5-3-4-11(15)8-17/h6,11H,3-5,8,15H2,1-2H3/t11-/m1/s1. The Balaban J connectivity index is 2.40. The van der Waals surface area contributed by atoms with Crippen molar-refractivity contribution in [3.8, 4) is 6.07 Å². The van der Waals surface area contributed by atoms with Crippen molar-refractivity contribution in [1.29, 1.82) is 5.26 Å². The first-order chi connectivity index (χ1) is 8.11. The summed E-state index contributed by atoms with van der Waals surface area (Å²) in [4.78, 5) is 6.56. The Labute approximate surface area is 102 Å². The van der Waals surface area contributed by atoms with Crippen LogP contribution in [0.3, 0.4) is 0 Å². The number of rotatable bonds is 1. The van der Waals surface area contributed by atoms with Crippen LogP contribution in [0.4, 0.5) is 5.69 Å². The highest BCUT2D eigenvalue weighted by Gasteiger charge is 2.20. The summed E-state index contributed by atoms with van der Waals surface area (Å²) in [6, 6.07) is 4.46. The van der Waals surface area contributed by atoms with Gasteiger partial charge in [-0.05, 0) is 32.8 Å². The van der Waals surface area contributed by atoms with Gasteiger partial charge in [0.15, 0.2) is 0 Å². The second kappa shape index (κ2) is 4.72. The third-order valence-corrected chi connectivity index (χ3v) is 3.22. The molecule has 1 saturated heterocycles. The van der Waals surface area contributed by atoms with Crippen molar-refractivity contribution in [3.63, 3.8) is 0 Å². The van der Waals surface area contributed by atoms with Gasteiger partial charge in [0.1, 0.15) is 6.07 Å². The Morgan fingerprint density at radius 1 is 1.53 bits per heavy atom. The largest absolute Gasteiger partial charge is 0.369 e. The minimum atomic E-state index is 0.212. The van der Waals surface area contributed by atoms with Crippen molar-refractivity contribution < 1.29 is 0 Å². The van der Waals surface area contributed by atoms with Crippen molar-refractivity contribution in [2.24, 2.45) is 5.73 Å². The summed E-state index contributed by atoms with van der Waals surface area (Å²) in [5.41, 5.74) is 9.43. The maximum atomic E-state index is 9.24. The first-order valence-electron chi connectivity index (χ1n) is 6.00. The molecule has 0 aromatic carbocycles. The Bertz CT molecular complexity index is 461. The number of hydrogen-bond donors (Lipinski definition) is 1. The molecule has 1 aromatic heterocycles. The maximum Gasteiger partial charge on any atom is 0.103 e. The van der Waals surface area contributed by atoms with Crippen LogP contribution < -0.4 is 10.6 Å². The summed E-state index contributed by atoms with van der Waals surface area (Å²) < 4.78 is 0. The summed E-state index contributed by atoms with van der Waals surface area (Å²) >= 11 is 0. The van der Waals surface area contributed by atoms with E-state index in [1.165, 1.54) is 0 Å². The molecule has 1 aliphatic heterocycles. The zero-order valence-corrected chi connectivity index (χ0v) is 10.4. The van der Waals surface area contributed by atoms with Crippen molar-refractivity contribution in [2.75, 3.05) is 18.0 Å². The fourth-order valence-corrected chi connectivity index (χ4v) is 2.42. The summed E-state index contributed by atoms with van der Waals surface area (Å²) in [5.74, 6) is 0. The molecule has 0 aliphatic carbocycles. The van der Waals surface area contributed by atoms with Gasteiger partial charge < -0.3 is 10.6 Å². The number of pyridine rings is 1. The minimum Gasteiger partial charge on any atom is -0.369 e. The Hall–Kier alpha value is -1.60. The third kappa shape index (κ3) is 2.40. The Kier molecular flexibility index (Phi) is 3.30. The second-order valence-corrected chi connectivity index (χ2v) is 4.70. The average Bonchev–Trinajstić information content (AvgIpc) is 2.28. The van der Waals surface area contributed by atoms with E-state index in [9.17, 15) is 5.26 Å². The lowest BCUT2D eigenvalue weighted by atomic mass is 10.0. The van der Waals surface area contributed by atoms with Gasteiger partial charge in [0.2, 0.25) is 0 Å². The minimum absolute atomic E-state index is 0.212. The number of anilines is 1. The smallest absolute Gasteiger partial charge is 0.103 e. The van der Waals surface area contributed by atoms with Crippen LogP contribution in [0, 0.1) is 25.2 Å². The molecule has 0 radical (unpaired) electrons. The molecule has 4 heteroatoms. The van der Waals surface area contributed by atoms with Crippen LogP contribution in [0.2, 0.25) is 0 Å². The van der Waals surface area contributed by atoms with Crippen molar-refractivity contribution in [3.05, 3.63) is 23.0 Å². The van der Waals surface area contributed by atoms with Gasteiger partial charge in [0, 0.05) is 24.8 Å². The molecule has 17 heavy (non-hydrogen) atoms. The molecule has 0 unspecified atom stereocenters. The van der Waals surface area contributed by atoms with Crippen molar-refractivity contribution in [2.45, 2.75) is 32.7 Å². The van der Waals surface area contributed by atoms with E-state index in [-0.39, 0.29) is 6.04 Å². The molecule has 2 N–H and O–H groups in total. The summed E-state index contributed by atoms with van der Waals surface area (Å²) in [6.07, 6.45) is 2.16. The van der Waals surface area contributed by atoms with Crippen LogP contribution in [0.1, 0.15) is 29.8 Å². The van der Waals surface area contributed by atoms with Gasteiger partial charge in [-0.2, -0.15) is 5.26 Å². The van der Waals surface area contributed by atoms with E-state index < -0.39 is 0 Å². The van der Waals surface area contributed by atoms with Crippen LogP contribution in [-0.2, 0) is 0 Å². The van der Waals surface area contributed by atoms with Crippen LogP contribution in [-0.4, -0.2) is 24.1 Å². The molecule has 4 nitrogen and oxygen atoms in total. The molecule has 0 spiro atoms. The van der Waals surface area contributed by atoms with Crippen LogP contribution >= 0.6 is 0 Å². The van der Waals surface area contributed by atoms with E-state index in [0.717, 1.165) is 43.0 Å². The fraction of sp³-hybridized carbons (Fsp3) is 0.538. The molecule has 0 bridgehead atoms. The summed E-state index contributed by atoms with van der Waals surface area (Å²) in [7, 11) is 0. The lowest BCUT2D eigenvalue weighted by Gasteiger charge is -2.33. The first-order valence-corrected chi connectivity index (χ1v) is 6.00. The van der Waals surface area contributed by atoms with Gasteiger partial charge in [-0.25, -0.2) is 0 Å². The van der Waals surface area contributed by atoms with E-state index in [1.54, 1.807) is 0 Å². The van der Waals surface area contributed by atoms with Crippen molar-refractivity contribution >= 4 is 5.69 Å². The Morgan fingerprint density at radius 2 is 2.29 bits per heavy atom. The van der Waals surface area contributed by atoms with E-state index in [4.69, 9.17) is 5.73 Å². The average molecular weight is 230 g/mol. The highest BCUT2D eigenvalue weighted by molar-refractivity contribution is 5.61. The van der Waals surface area contributed by atoms with Gasteiger partial charge in [-0.15, -0.1) is 0 Å².